The van der Waals surface area contributed by atoms with E-state index in [-0.39, 0.29) is 38.0 Å². The molecule has 0 radical (unpaired) electrons. The Bertz CT molecular complexity index is 493. The van der Waals surface area contributed by atoms with E-state index in [1.165, 1.54) is 7.05 Å². The molecule has 0 aliphatic rings. The van der Waals surface area contributed by atoms with E-state index in [0.717, 1.165) is 0 Å². The van der Waals surface area contributed by atoms with Crippen LogP contribution in [0, 0.1) is 0 Å². The summed E-state index contributed by atoms with van der Waals surface area (Å²) in [4.78, 5) is 56.2. The molecular weight excluding hydrogens is 322 g/mol. The molecule has 0 aliphatic heterocycles. The minimum Gasteiger partial charge on any atom is -0.480 e. The highest BCUT2D eigenvalue weighted by molar-refractivity contribution is 5.86. The van der Waals surface area contributed by atoms with Crippen LogP contribution in [0.25, 0.3) is 0 Å². The number of hydrogen-bond donors (Lipinski definition) is 5. The molecule has 1 unspecified atom stereocenters. The van der Waals surface area contributed by atoms with Crippen LogP contribution in [0.15, 0.2) is 0 Å². The van der Waals surface area contributed by atoms with Gasteiger partial charge < -0.3 is 26.2 Å². The summed E-state index contributed by atoms with van der Waals surface area (Å²) in [5.74, 6) is -4.06. The van der Waals surface area contributed by atoms with Crippen molar-refractivity contribution < 1.29 is 34.2 Å². The van der Waals surface area contributed by atoms with Gasteiger partial charge in [-0.15, -0.1) is 0 Å². The smallest absolute Gasteiger partial charge is 0.326 e. The van der Waals surface area contributed by atoms with E-state index in [4.69, 9.17) is 10.2 Å². The van der Waals surface area contributed by atoms with E-state index < -0.39 is 35.8 Å². The zero-order chi connectivity index (χ0) is 18.7. The maximum Gasteiger partial charge on any atom is 0.326 e. The van der Waals surface area contributed by atoms with Crippen LogP contribution in [0.1, 0.15) is 39.0 Å². The van der Waals surface area contributed by atoms with Crippen LogP contribution in [0.2, 0.25) is 0 Å². The van der Waals surface area contributed by atoms with Gasteiger partial charge in [0.25, 0.3) is 0 Å². The number of carbonyl (C=O) groups is 5. The molecule has 0 aliphatic carbocycles. The zero-order valence-corrected chi connectivity index (χ0v) is 13.6. The standard InChI is InChI=1S/C14H23N3O7/c1-3-10(18)16-8(13(21)22)5-7-12(20)17-9(14(23)24)4-6-11(19)15-2/h8-9H,3-7H2,1-2H3,(H,15,19)(H,16,18)(H,17,20)(H,21,22)(H,23,24)/t8-,9?/m0/s1. The van der Waals surface area contributed by atoms with Gasteiger partial charge in [-0.2, -0.15) is 0 Å². The van der Waals surface area contributed by atoms with Crippen molar-refractivity contribution in [2.24, 2.45) is 0 Å². The van der Waals surface area contributed by atoms with Crippen molar-refractivity contribution >= 4 is 29.7 Å². The Morgan fingerprint density at radius 3 is 1.58 bits per heavy atom. The maximum atomic E-state index is 11.8. The lowest BCUT2D eigenvalue weighted by Crippen LogP contribution is -2.44. The lowest BCUT2D eigenvalue weighted by atomic mass is 10.1. The third-order valence-electron chi connectivity index (χ3n) is 3.19. The Morgan fingerprint density at radius 2 is 1.21 bits per heavy atom. The molecule has 0 bridgehead atoms. The Hall–Kier alpha value is -2.65. The molecule has 0 aromatic rings. The molecule has 0 saturated heterocycles. The van der Waals surface area contributed by atoms with E-state index in [1.807, 2.05) is 0 Å². The quantitative estimate of drug-likeness (QED) is 0.315. The minimum atomic E-state index is -1.29. The minimum absolute atomic E-state index is 0.0714. The molecule has 0 fully saturated rings. The van der Waals surface area contributed by atoms with E-state index in [9.17, 15) is 24.0 Å². The van der Waals surface area contributed by atoms with Crippen molar-refractivity contribution in [3.63, 3.8) is 0 Å². The number of carboxylic acid groups (broad SMARTS) is 2. The highest BCUT2D eigenvalue weighted by Gasteiger charge is 2.23. The van der Waals surface area contributed by atoms with Gasteiger partial charge in [-0.25, -0.2) is 9.59 Å². The normalized spacial score (nSPS) is 12.6. The van der Waals surface area contributed by atoms with Crippen molar-refractivity contribution in [3.05, 3.63) is 0 Å². The van der Waals surface area contributed by atoms with Crippen LogP contribution in [0.4, 0.5) is 0 Å². The molecule has 0 rings (SSSR count). The summed E-state index contributed by atoms with van der Waals surface area (Å²) < 4.78 is 0. The molecule has 3 amide bonds. The van der Waals surface area contributed by atoms with E-state index in [1.54, 1.807) is 6.92 Å². The third kappa shape index (κ3) is 8.71. The molecule has 0 spiro atoms. The molecule has 2 atom stereocenters. The molecule has 24 heavy (non-hydrogen) atoms. The number of hydrogen-bond acceptors (Lipinski definition) is 5. The topological polar surface area (TPSA) is 162 Å². The fourth-order valence-corrected chi connectivity index (χ4v) is 1.75. The van der Waals surface area contributed by atoms with Gasteiger partial charge >= 0.3 is 11.9 Å². The predicted octanol–water partition coefficient (Wildman–Crippen LogP) is -1.16. The SMILES string of the molecule is CCC(=O)N[C@@H](CCC(=O)NC(CCC(=O)NC)C(=O)O)C(=O)O. The Balaban J connectivity index is 4.50. The van der Waals surface area contributed by atoms with E-state index in [2.05, 4.69) is 16.0 Å². The van der Waals surface area contributed by atoms with Crippen LogP contribution in [0.5, 0.6) is 0 Å². The molecule has 0 aromatic carbocycles. The van der Waals surface area contributed by atoms with Crippen LogP contribution in [0.3, 0.4) is 0 Å². The zero-order valence-electron chi connectivity index (χ0n) is 13.6. The Morgan fingerprint density at radius 1 is 0.792 bits per heavy atom. The molecule has 10 heteroatoms. The van der Waals surface area contributed by atoms with Crippen molar-refractivity contribution in [1.29, 1.82) is 0 Å². The first-order chi connectivity index (χ1) is 11.2. The summed E-state index contributed by atoms with van der Waals surface area (Å²) in [6, 6.07) is -2.47. The second-order valence-electron chi connectivity index (χ2n) is 5.02. The lowest BCUT2D eigenvalue weighted by molar-refractivity contribution is -0.143. The maximum absolute atomic E-state index is 11.8. The number of carbonyl (C=O) groups excluding carboxylic acids is 3. The van der Waals surface area contributed by atoms with Crippen molar-refractivity contribution in [2.75, 3.05) is 7.05 Å². The summed E-state index contributed by atoms with van der Waals surface area (Å²) in [5, 5.41) is 24.8. The van der Waals surface area contributed by atoms with Crippen LogP contribution in [-0.2, 0) is 24.0 Å². The fourth-order valence-electron chi connectivity index (χ4n) is 1.75. The van der Waals surface area contributed by atoms with Gasteiger partial charge in [0.2, 0.25) is 17.7 Å². The Kier molecular flexibility index (Phi) is 9.76. The number of amides is 3. The van der Waals surface area contributed by atoms with Gasteiger partial charge in [0.15, 0.2) is 0 Å². The van der Waals surface area contributed by atoms with Crippen LogP contribution in [-0.4, -0.2) is 59.0 Å². The molecule has 136 valence electrons. The fraction of sp³-hybridized carbons (Fsp3) is 0.643. The molecule has 0 saturated carbocycles. The molecule has 10 nitrogen and oxygen atoms in total. The number of nitrogens with one attached hydrogen (secondary N) is 3. The lowest BCUT2D eigenvalue weighted by Gasteiger charge is -2.16. The second kappa shape index (κ2) is 11.0. The highest BCUT2D eigenvalue weighted by atomic mass is 16.4. The number of aliphatic carboxylic acids is 2. The third-order valence-corrected chi connectivity index (χ3v) is 3.19. The summed E-state index contributed by atoms with van der Waals surface area (Å²) in [6.07, 6.45) is -0.496. The summed E-state index contributed by atoms with van der Waals surface area (Å²) in [5.41, 5.74) is 0. The van der Waals surface area contributed by atoms with Crippen LogP contribution < -0.4 is 16.0 Å². The first-order valence-corrected chi connectivity index (χ1v) is 7.46. The summed E-state index contributed by atoms with van der Waals surface area (Å²) in [7, 11) is 1.41. The van der Waals surface area contributed by atoms with Gasteiger partial charge in [0.05, 0.1) is 0 Å². The van der Waals surface area contributed by atoms with E-state index >= 15 is 0 Å². The van der Waals surface area contributed by atoms with Gasteiger partial charge in [-0.3, -0.25) is 14.4 Å². The average Bonchev–Trinajstić information content (AvgIpc) is 2.53. The van der Waals surface area contributed by atoms with Gasteiger partial charge in [0.1, 0.15) is 12.1 Å². The van der Waals surface area contributed by atoms with Crippen molar-refractivity contribution in [2.45, 2.75) is 51.1 Å². The number of carboxylic acids is 2. The molecule has 0 heterocycles. The Labute approximate surface area is 139 Å². The second-order valence-corrected chi connectivity index (χ2v) is 5.02. The summed E-state index contributed by atoms with van der Waals surface area (Å²) in [6.45, 7) is 1.56. The van der Waals surface area contributed by atoms with Gasteiger partial charge in [0, 0.05) is 26.3 Å². The van der Waals surface area contributed by atoms with Crippen molar-refractivity contribution in [3.8, 4) is 0 Å². The van der Waals surface area contributed by atoms with Gasteiger partial charge in [-0.05, 0) is 12.8 Å². The highest BCUT2D eigenvalue weighted by Crippen LogP contribution is 2.02. The summed E-state index contributed by atoms with van der Waals surface area (Å²) >= 11 is 0. The monoisotopic (exact) mass is 345 g/mol. The van der Waals surface area contributed by atoms with Crippen molar-refractivity contribution in [1.82, 2.24) is 16.0 Å². The first kappa shape index (κ1) is 21.4. The number of rotatable bonds is 11. The average molecular weight is 345 g/mol. The predicted molar refractivity (Wildman–Crippen MR) is 82.0 cm³/mol. The van der Waals surface area contributed by atoms with Crippen LogP contribution >= 0.6 is 0 Å². The molecule has 5 N–H and O–H groups in total. The first-order valence-electron chi connectivity index (χ1n) is 7.46. The molecular formula is C14H23N3O7. The van der Waals surface area contributed by atoms with E-state index in [0.29, 0.717) is 0 Å². The largest absolute Gasteiger partial charge is 0.480 e. The molecule has 0 aromatic heterocycles. The van der Waals surface area contributed by atoms with Gasteiger partial charge in [-0.1, -0.05) is 6.92 Å².